The molecule has 2 aromatic rings. The standard InChI is InChI=1S/C14H15FN6/c1-21-8-17-19-14(21)11-6-7-12(18-20-16)13(11)9-2-4-10(15)5-3-9/h2-5,8,11-13H,6-7H2,1H3. The number of hydrogen-bond acceptors (Lipinski definition) is 3. The third kappa shape index (κ3) is 2.48. The predicted molar refractivity (Wildman–Crippen MR) is 75.1 cm³/mol. The molecule has 6 nitrogen and oxygen atoms in total. The van der Waals surface area contributed by atoms with Crippen LogP contribution in [0.2, 0.25) is 0 Å². The van der Waals surface area contributed by atoms with Gasteiger partial charge in [-0.1, -0.05) is 17.2 Å². The van der Waals surface area contributed by atoms with Crippen LogP contribution in [0.5, 0.6) is 0 Å². The molecule has 1 aliphatic rings. The van der Waals surface area contributed by atoms with E-state index in [0.717, 1.165) is 24.2 Å². The number of hydrogen-bond donors (Lipinski definition) is 0. The molecular formula is C14H15FN6. The minimum Gasteiger partial charge on any atom is -0.320 e. The average molecular weight is 286 g/mol. The second kappa shape index (κ2) is 5.54. The van der Waals surface area contributed by atoms with Crippen molar-refractivity contribution in [1.29, 1.82) is 0 Å². The molecule has 108 valence electrons. The van der Waals surface area contributed by atoms with E-state index in [1.54, 1.807) is 18.5 Å². The second-order valence-electron chi connectivity index (χ2n) is 5.33. The summed E-state index contributed by atoms with van der Waals surface area (Å²) in [6.45, 7) is 0. The lowest BCUT2D eigenvalue weighted by Gasteiger charge is -2.22. The van der Waals surface area contributed by atoms with E-state index >= 15 is 0 Å². The molecular weight excluding hydrogens is 271 g/mol. The van der Waals surface area contributed by atoms with E-state index in [-0.39, 0.29) is 23.7 Å². The van der Waals surface area contributed by atoms with E-state index in [9.17, 15) is 4.39 Å². The lowest BCUT2D eigenvalue weighted by atomic mass is 9.86. The van der Waals surface area contributed by atoms with Crippen molar-refractivity contribution in [2.24, 2.45) is 12.2 Å². The number of benzene rings is 1. The number of aryl methyl sites for hydroxylation is 1. The van der Waals surface area contributed by atoms with Crippen LogP contribution in [0.1, 0.15) is 36.1 Å². The smallest absolute Gasteiger partial charge is 0.136 e. The molecule has 21 heavy (non-hydrogen) atoms. The largest absolute Gasteiger partial charge is 0.320 e. The average Bonchev–Trinajstić information content (AvgIpc) is 3.06. The third-order valence-corrected chi connectivity index (χ3v) is 4.15. The Kier molecular flexibility index (Phi) is 3.58. The van der Waals surface area contributed by atoms with Crippen molar-refractivity contribution in [3.63, 3.8) is 0 Å². The molecule has 3 rings (SSSR count). The highest BCUT2D eigenvalue weighted by Gasteiger charge is 2.39. The Bertz CT molecular complexity index is 673. The Hall–Kier alpha value is -2.40. The number of aromatic nitrogens is 3. The van der Waals surface area contributed by atoms with Crippen LogP contribution < -0.4 is 0 Å². The normalized spacial score (nSPS) is 24.8. The first-order valence-corrected chi connectivity index (χ1v) is 6.84. The van der Waals surface area contributed by atoms with Crippen molar-refractivity contribution < 1.29 is 4.39 Å². The molecule has 0 saturated heterocycles. The summed E-state index contributed by atoms with van der Waals surface area (Å²) in [5.41, 5.74) is 9.74. The minimum atomic E-state index is -0.271. The lowest BCUT2D eigenvalue weighted by Crippen LogP contribution is -2.17. The van der Waals surface area contributed by atoms with Crippen LogP contribution >= 0.6 is 0 Å². The molecule has 0 N–H and O–H groups in total. The summed E-state index contributed by atoms with van der Waals surface area (Å²) in [4.78, 5) is 2.96. The fourth-order valence-corrected chi connectivity index (χ4v) is 3.23. The van der Waals surface area contributed by atoms with Gasteiger partial charge >= 0.3 is 0 Å². The van der Waals surface area contributed by atoms with E-state index in [1.165, 1.54) is 12.1 Å². The summed E-state index contributed by atoms with van der Waals surface area (Å²) in [5.74, 6) is 0.732. The number of halogens is 1. The van der Waals surface area contributed by atoms with Crippen LogP contribution in [-0.2, 0) is 7.05 Å². The molecule has 0 bridgehead atoms. The Labute approximate surface area is 121 Å². The maximum Gasteiger partial charge on any atom is 0.136 e. The van der Waals surface area contributed by atoms with Crippen LogP contribution in [-0.4, -0.2) is 20.8 Å². The lowest BCUT2D eigenvalue weighted by molar-refractivity contribution is 0.529. The Balaban J connectivity index is 2.02. The van der Waals surface area contributed by atoms with E-state index in [1.807, 2.05) is 11.6 Å². The van der Waals surface area contributed by atoms with Crippen LogP contribution in [0.4, 0.5) is 4.39 Å². The van der Waals surface area contributed by atoms with Crippen molar-refractivity contribution in [3.05, 3.63) is 58.2 Å². The van der Waals surface area contributed by atoms with Crippen LogP contribution in [0.3, 0.4) is 0 Å². The van der Waals surface area contributed by atoms with Crippen molar-refractivity contribution >= 4 is 0 Å². The van der Waals surface area contributed by atoms with E-state index in [2.05, 4.69) is 20.2 Å². The summed E-state index contributed by atoms with van der Waals surface area (Å²) >= 11 is 0. The molecule has 0 aliphatic heterocycles. The van der Waals surface area contributed by atoms with Gasteiger partial charge in [0.05, 0.1) is 0 Å². The van der Waals surface area contributed by atoms with Crippen LogP contribution in [0, 0.1) is 5.82 Å². The Morgan fingerprint density at radius 2 is 2.10 bits per heavy atom. The minimum absolute atomic E-state index is 0.00407. The summed E-state index contributed by atoms with van der Waals surface area (Å²) in [5, 5.41) is 12.0. The molecule has 7 heteroatoms. The van der Waals surface area contributed by atoms with Crippen LogP contribution in [0.25, 0.3) is 10.4 Å². The van der Waals surface area contributed by atoms with E-state index in [0.29, 0.717) is 0 Å². The zero-order valence-corrected chi connectivity index (χ0v) is 11.6. The number of rotatable bonds is 3. The molecule has 1 fully saturated rings. The number of azide groups is 1. The van der Waals surface area contributed by atoms with Crippen molar-refractivity contribution in [2.45, 2.75) is 30.7 Å². The quantitative estimate of drug-likeness (QED) is 0.493. The van der Waals surface area contributed by atoms with Gasteiger partial charge in [-0.25, -0.2) is 4.39 Å². The maximum atomic E-state index is 13.1. The molecule has 0 spiro atoms. The fourth-order valence-electron chi connectivity index (χ4n) is 3.23. The van der Waals surface area contributed by atoms with Gasteiger partial charge in [-0.15, -0.1) is 10.2 Å². The molecule has 1 aromatic heterocycles. The first kappa shape index (κ1) is 13.6. The van der Waals surface area contributed by atoms with Gasteiger partial charge in [0.15, 0.2) is 0 Å². The van der Waals surface area contributed by atoms with Crippen LogP contribution in [0.15, 0.2) is 35.7 Å². The SMILES string of the molecule is Cn1cnnc1C1CCC(N=[N+]=[N-])C1c1ccc(F)cc1. The molecule has 0 radical (unpaired) electrons. The highest BCUT2D eigenvalue weighted by molar-refractivity contribution is 5.28. The van der Waals surface area contributed by atoms with E-state index < -0.39 is 0 Å². The summed E-state index contributed by atoms with van der Waals surface area (Å²) in [6.07, 6.45) is 3.33. The van der Waals surface area contributed by atoms with Crippen molar-refractivity contribution in [3.8, 4) is 0 Å². The first-order chi connectivity index (χ1) is 10.2. The molecule has 1 aliphatic carbocycles. The van der Waals surface area contributed by atoms with E-state index in [4.69, 9.17) is 5.53 Å². The topological polar surface area (TPSA) is 79.5 Å². The van der Waals surface area contributed by atoms with Gasteiger partial charge in [0.1, 0.15) is 18.0 Å². The van der Waals surface area contributed by atoms with Gasteiger partial charge in [0.2, 0.25) is 0 Å². The van der Waals surface area contributed by atoms with Crippen molar-refractivity contribution in [1.82, 2.24) is 14.8 Å². The highest BCUT2D eigenvalue weighted by atomic mass is 19.1. The zero-order chi connectivity index (χ0) is 14.8. The maximum absolute atomic E-state index is 13.1. The molecule has 1 aromatic carbocycles. The summed E-state index contributed by atoms with van der Waals surface area (Å²) in [7, 11) is 1.90. The molecule has 3 atom stereocenters. The van der Waals surface area contributed by atoms with Gasteiger partial charge < -0.3 is 4.57 Å². The summed E-state index contributed by atoms with van der Waals surface area (Å²) < 4.78 is 15.0. The van der Waals surface area contributed by atoms with Crippen molar-refractivity contribution in [2.75, 3.05) is 0 Å². The predicted octanol–water partition coefficient (Wildman–Crippen LogP) is 3.29. The number of nitrogens with zero attached hydrogens (tertiary/aromatic N) is 6. The fraction of sp³-hybridized carbons (Fsp3) is 0.429. The molecule has 3 unspecified atom stereocenters. The summed E-state index contributed by atoms with van der Waals surface area (Å²) in [6, 6.07) is 6.26. The Morgan fingerprint density at radius 1 is 1.33 bits per heavy atom. The van der Waals surface area contributed by atoms with Gasteiger partial charge in [-0.2, -0.15) is 0 Å². The van der Waals surface area contributed by atoms with Gasteiger partial charge in [-0.05, 0) is 36.1 Å². The molecule has 1 heterocycles. The van der Waals surface area contributed by atoms with Gasteiger partial charge in [0.25, 0.3) is 0 Å². The third-order valence-electron chi connectivity index (χ3n) is 4.15. The monoisotopic (exact) mass is 286 g/mol. The first-order valence-electron chi connectivity index (χ1n) is 6.84. The molecule has 0 amide bonds. The molecule has 1 saturated carbocycles. The second-order valence-corrected chi connectivity index (χ2v) is 5.33. The Morgan fingerprint density at radius 3 is 2.71 bits per heavy atom. The highest BCUT2D eigenvalue weighted by Crippen LogP contribution is 2.46. The zero-order valence-electron chi connectivity index (χ0n) is 11.6. The van der Waals surface area contributed by atoms with Gasteiger partial charge in [0, 0.05) is 29.8 Å². The van der Waals surface area contributed by atoms with Gasteiger partial charge in [-0.3, -0.25) is 0 Å².